The number of thioether (sulfide) groups is 1. The standard InChI is InChI=1S/C22H23N5O2S/c1-14(2)15-8-5-7-11-18(15)29-12-20-25-26-22(27(20)3)30-13-19-23-17-10-6-4-9-16(17)21(28)24-19/h4-11,14,16H,12-13H2,1-3H3. The topological polar surface area (TPSA) is 81.7 Å². The largest absolute Gasteiger partial charge is 0.485 e. The van der Waals surface area contributed by atoms with Gasteiger partial charge in [0.25, 0.3) is 5.91 Å². The second kappa shape index (κ2) is 8.79. The molecular formula is C22H23N5O2S. The van der Waals surface area contributed by atoms with Gasteiger partial charge in [-0.05, 0) is 23.6 Å². The van der Waals surface area contributed by atoms with Crippen LogP contribution in [-0.4, -0.2) is 38.0 Å². The number of benzene rings is 1. The lowest BCUT2D eigenvalue weighted by atomic mass is 9.97. The Hall–Kier alpha value is -3.00. The summed E-state index contributed by atoms with van der Waals surface area (Å²) in [5.41, 5.74) is 1.90. The molecule has 1 unspecified atom stereocenters. The van der Waals surface area contributed by atoms with E-state index in [9.17, 15) is 4.79 Å². The molecule has 1 amide bonds. The molecule has 2 heterocycles. The molecular weight excluding hydrogens is 398 g/mol. The molecule has 1 aromatic carbocycles. The van der Waals surface area contributed by atoms with Crippen LogP contribution in [-0.2, 0) is 18.4 Å². The van der Waals surface area contributed by atoms with Crippen LogP contribution in [0.1, 0.15) is 31.2 Å². The summed E-state index contributed by atoms with van der Waals surface area (Å²) in [5.74, 6) is 2.39. The van der Waals surface area contributed by atoms with E-state index < -0.39 is 0 Å². The fraction of sp³-hybridized carbons (Fsp3) is 0.318. The van der Waals surface area contributed by atoms with Gasteiger partial charge < -0.3 is 9.30 Å². The molecule has 0 bridgehead atoms. The molecule has 4 rings (SSSR count). The number of carbonyl (C=O) groups excluding carboxylic acids is 1. The molecule has 1 aromatic heterocycles. The number of amidine groups is 1. The monoisotopic (exact) mass is 421 g/mol. The molecule has 154 valence electrons. The van der Waals surface area contributed by atoms with E-state index in [0.717, 1.165) is 22.4 Å². The number of ether oxygens (including phenoxy) is 1. The van der Waals surface area contributed by atoms with Crippen LogP contribution in [0.4, 0.5) is 0 Å². The number of para-hydroxylation sites is 1. The van der Waals surface area contributed by atoms with Crippen molar-refractivity contribution in [1.29, 1.82) is 0 Å². The lowest BCUT2D eigenvalue weighted by molar-refractivity contribution is -0.118. The highest BCUT2D eigenvalue weighted by Crippen LogP contribution is 2.27. The summed E-state index contributed by atoms with van der Waals surface area (Å²) in [4.78, 5) is 20.8. The van der Waals surface area contributed by atoms with Gasteiger partial charge in [0.2, 0.25) is 0 Å². The lowest BCUT2D eigenvalue weighted by Crippen LogP contribution is -2.27. The van der Waals surface area contributed by atoms with E-state index in [0.29, 0.717) is 24.1 Å². The Kier molecular flexibility index (Phi) is 5.94. The van der Waals surface area contributed by atoms with Gasteiger partial charge in [-0.2, -0.15) is 4.99 Å². The van der Waals surface area contributed by atoms with Gasteiger partial charge in [0.1, 0.15) is 24.1 Å². The molecule has 2 aromatic rings. The summed E-state index contributed by atoms with van der Waals surface area (Å²) in [6, 6.07) is 8.03. The van der Waals surface area contributed by atoms with Gasteiger partial charge in [-0.1, -0.05) is 62.0 Å². The molecule has 30 heavy (non-hydrogen) atoms. The fourth-order valence-corrected chi connectivity index (χ4v) is 4.02. The highest BCUT2D eigenvalue weighted by molar-refractivity contribution is 7.99. The van der Waals surface area contributed by atoms with Crippen LogP contribution in [0.2, 0.25) is 0 Å². The maximum absolute atomic E-state index is 12.2. The van der Waals surface area contributed by atoms with E-state index in [-0.39, 0.29) is 11.8 Å². The first kappa shape index (κ1) is 20.3. The van der Waals surface area contributed by atoms with Crippen LogP contribution in [0, 0.1) is 5.92 Å². The van der Waals surface area contributed by atoms with Gasteiger partial charge in [0, 0.05) is 7.05 Å². The smallest absolute Gasteiger partial charge is 0.260 e. The summed E-state index contributed by atoms with van der Waals surface area (Å²) in [6.45, 7) is 4.61. The molecule has 0 saturated carbocycles. The first-order chi connectivity index (χ1) is 14.5. The molecule has 0 radical (unpaired) electrons. The van der Waals surface area contributed by atoms with Crippen molar-refractivity contribution < 1.29 is 9.53 Å². The molecule has 0 fully saturated rings. The van der Waals surface area contributed by atoms with Crippen molar-refractivity contribution in [3.63, 3.8) is 0 Å². The number of hydrogen-bond acceptors (Lipinski definition) is 6. The van der Waals surface area contributed by atoms with E-state index in [4.69, 9.17) is 4.74 Å². The van der Waals surface area contributed by atoms with Crippen molar-refractivity contribution in [2.45, 2.75) is 31.5 Å². The number of aromatic nitrogens is 3. The van der Waals surface area contributed by atoms with E-state index >= 15 is 0 Å². The average molecular weight is 422 g/mol. The highest BCUT2D eigenvalue weighted by atomic mass is 32.2. The predicted octanol–water partition coefficient (Wildman–Crippen LogP) is 3.73. The molecule has 7 nitrogen and oxygen atoms in total. The van der Waals surface area contributed by atoms with Crippen molar-refractivity contribution in [1.82, 2.24) is 14.8 Å². The maximum atomic E-state index is 12.2. The summed E-state index contributed by atoms with van der Waals surface area (Å²) in [5, 5.41) is 9.23. The van der Waals surface area contributed by atoms with Crippen LogP contribution < -0.4 is 4.74 Å². The fourth-order valence-electron chi connectivity index (χ4n) is 3.24. The van der Waals surface area contributed by atoms with Crippen LogP contribution in [0.5, 0.6) is 5.75 Å². The van der Waals surface area contributed by atoms with E-state index in [1.54, 1.807) is 0 Å². The minimum atomic E-state index is -0.351. The third-order valence-corrected chi connectivity index (χ3v) is 5.93. The number of fused-ring (bicyclic) bond motifs is 1. The predicted molar refractivity (Wildman–Crippen MR) is 118 cm³/mol. The quantitative estimate of drug-likeness (QED) is 0.636. The zero-order valence-corrected chi connectivity index (χ0v) is 18.0. The number of carbonyl (C=O) groups is 1. The number of amides is 1. The summed E-state index contributed by atoms with van der Waals surface area (Å²) in [6.07, 6.45) is 7.40. The molecule has 0 saturated heterocycles. The molecule has 1 atom stereocenters. The van der Waals surface area contributed by atoms with E-state index in [1.807, 2.05) is 54.1 Å². The van der Waals surface area contributed by atoms with Gasteiger partial charge in [-0.3, -0.25) is 4.79 Å². The number of hydrogen-bond donors (Lipinski definition) is 0. The van der Waals surface area contributed by atoms with Crippen LogP contribution in [0.3, 0.4) is 0 Å². The summed E-state index contributed by atoms with van der Waals surface area (Å²) in [7, 11) is 1.90. The van der Waals surface area contributed by atoms with Crippen LogP contribution in [0.25, 0.3) is 0 Å². The Morgan fingerprint density at radius 1 is 1.17 bits per heavy atom. The zero-order valence-electron chi connectivity index (χ0n) is 17.1. The van der Waals surface area contributed by atoms with Gasteiger partial charge in [-0.25, -0.2) is 4.99 Å². The molecule has 1 aliphatic carbocycles. The van der Waals surface area contributed by atoms with E-state index in [2.05, 4.69) is 40.1 Å². The minimum Gasteiger partial charge on any atom is -0.485 e. The SMILES string of the molecule is CC(C)c1ccccc1OCc1nnc(SCC2=NC(=O)C3C=CC=CC3=N2)n1C. The van der Waals surface area contributed by atoms with Crippen molar-refractivity contribution in [2.75, 3.05) is 5.75 Å². The Morgan fingerprint density at radius 3 is 2.83 bits per heavy atom. The number of nitrogens with zero attached hydrogens (tertiary/aromatic N) is 5. The Morgan fingerprint density at radius 2 is 2.00 bits per heavy atom. The summed E-state index contributed by atoms with van der Waals surface area (Å²) < 4.78 is 7.91. The first-order valence-corrected chi connectivity index (χ1v) is 10.8. The zero-order chi connectivity index (χ0) is 21.1. The second-order valence-electron chi connectivity index (χ2n) is 7.35. The Balaban J connectivity index is 1.40. The average Bonchev–Trinajstić information content (AvgIpc) is 3.10. The molecule has 0 spiro atoms. The molecule has 1 aliphatic heterocycles. The normalized spacial score (nSPS) is 17.7. The van der Waals surface area contributed by atoms with Gasteiger partial charge >= 0.3 is 0 Å². The van der Waals surface area contributed by atoms with Gasteiger partial charge in [-0.15, -0.1) is 10.2 Å². The third-order valence-electron chi connectivity index (χ3n) is 4.92. The minimum absolute atomic E-state index is 0.174. The molecule has 8 heteroatoms. The van der Waals surface area contributed by atoms with Gasteiger partial charge in [0.05, 0.1) is 11.5 Å². The van der Waals surface area contributed by atoms with Crippen molar-refractivity contribution in [3.05, 3.63) is 60.0 Å². The van der Waals surface area contributed by atoms with Crippen molar-refractivity contribution in [2.24, 2.45) is 23.0 Å². The number of allylic oxidation sites excluding steroid dienone is 3. The lowest BCUT2D eigenvalue weighted by Gasteiger charge is -2.17. The second-order valence-corrected chi connectivity index (χ2v) is 8.29. The molecule has 0 N–H and O–H groups in total. The molecule has 2 aliphatic rings. The van der Waals surface area contributed by atoms with Crippen LogP contribution >= 0.6 is 11.8 Å². The number of rotatable bonds is 7. The Labute approximate surface area is 179 Å². The Bertz CT molecular complexity index is 1080. The number of aliphatic imine (C=N–C) groups is 2. The first-order valence-electron chi connectivity index (χ1n) is 9.80. The summed E-state index contributed by atoms with van der Waals surface area (Å²) >= 11 is 1.45. The van der Waals surface area contributed by atoms with Gasteiger partial charge in [0.15, 0.2) is 11.0 Å². The van der Waals surface area contributed by atoms with Crippen molar-refractivity contribution in [3.8, 4) is 5.75 Å². The van der Waals surface area contributed by atoms with Crippen LogP contribution in [0.15, 0.2) is 63.7 Å². The highest BCUT2D eigenvalue weighted by Gasteiger charge is 2.26. The van der Waals surface area contributed by atoms with E-state index in [1.165, 1.54) is 17.3 Å². The maximum Gasteiger partial charge on any atom is 0.260 e. The third kappa shape index (κ3) is 4.28. The van der Waals surface area contributed by atoms with Crippen molar-refractivity contribution >= 4 is 29.2 Å².